The standard InChI is InChI=1S/C27H26BN2O2/c1-26(2,31)27(3,4)32-28-19-14-16-24(29-17-19)30-22-12-8-7-11-21(22)25-20-10-6-5-9-18(20)13-15-23(25)30/h5-17,31H,1-4H3. The van der Waals surface area contributed by atoms with Gasteiger partial charge in [0, 0.05) is 17.0 Å². The predicted octanol–water partition coefficient (Wildman–Crippen LogP) is 5.14. The first-order valence-electron chi connectivity index (χ1n) is 10.9. The van der Waals surface area contributed by atoms with Crippen LogP contribution in [-0.4, -0.2) is 33.3 Å². The van der Waals surface area contributed by atoms with E-state index in [1.165, 1.54) is 21.5 Å². The van der Waals surface area contributed by atoms with E-state index in [1.54, 1.807) is 27.5 Å². The molecule has 32 heavy (non-hydrogen) atoms. The number of pyridine rings is 1. The summed E-state index contributed by atoms with van der Waals surface area (Å²) in [7, 11) is 1.66. The molecule has 0 saturated heterocycles. The van der Waals surface area contributed by atoms with Crippen molar-refractivity contribution < 1.29 is 9.76 Å². The molecule has 0 aliphatic carbocycles. The maximum Gasteiger partial charge on any atom is 0.332 e. The van der Waals surface area contributed by atoms with E-state index in [9.17, 15) is 5.11 Å². The number of benzene rings is 3. The maximum absolute atomic E-state index is 10.3. The second kappa shape index (κ2) is 7.47. The fourth-order valence-electron chi connectivity index (χ4n) is 3.95. The highest BCUT2D eigenvalue weighted by Crippen LogP contribution is 2.36. The fraction of sp³-hybridized carbons (Fsp3) is 0.222. The van der Waals surface area contributed by atoms with Crippen LogP contribution in [0.3, 0.4) is 0 Å². The molecule has 0 fully saturated rings. The van der Waals surface area contributed by atoms with Gasteiger partial charge in [-0.2, -0.15) is 0 Å². The van der Waals surface area contributed by atoms with Gasteiger partial charge in [-0.1, -0.05) is 54.6 Å². The topological polar surface area (TPSA) is 47.3 Å². The summed E-state index contributed by atoms with van der Waals surface area (Å²) in [6.45, 7) is 7.23. The lowest BCUT2D eigenvalue weighted by Crippen LogP contribution is -2.49. The predicted molar refractivity (Wildman–Crippen MR) is 133 cm³/mol. The third-order valence-electron chi connectivity index (χ3n) is 6.53. The number of para-hydroxylation sites is 1. The van der Waals surface area contributed by atoms with E-state index in [4.69, 9.17) is 9.64 Å². The Hall–Kier alpha value is -3.15. The molecule has 0 bridgehead atoms. The molecule has 2 aromatic heterocycles. The molecule has 0 saturated carbocycles. The summed E-state index contributed by atoms with van der Waals surface area (Å²) in [6.07, 6.45) is 1.80. The average Bonchev–Trinajstić information content (AvgIpc) is 3.12. The molecule has 5 rings (SSSR count). The van der Waals surface area contributed by atoms with Crippen molar-refractivity contribution >= 4 is 45.5 Å². The number of hydrogen-bond acceptors (Lipinski definition) is 3. The van der Waals surface area contributed by atoms with Gasteiger partial charge in [-0.05, 0) is 62.1 Å². The normalized spacial score (nSPS) is 12.7. The van der Waals surface area contributed by atoms with Crippen LogP contribution in [0.4, 0.5) is 0 Å². The van der Waals surface area contributed by atoms with Crippen molar-refractivity contribution in [3.8, 4) is 5.82 Å². The molecule has 0 spiro atoms. The van der Waals surface area contributed by atoms with Gasteiger partial charge >= 0.3 is 7.48 Å². The van der Waals surface area contributed by atoms with Gasteiger partial charge in [0.2, 0.25) is 0 Å². The van der Waals surface area contributed by atoms with Gasteiger partial charge in [0.05, 0.1) is 22.2 Å². The molecular weight excluding hydrogens is 395 g/mol. The summed E-state index contributed by atoms with van der Waals surface area (Å²) in [5.41, 5.74) is 1.41. The number of aromatic nitrogens is 2. The Labute approximate surface area is 188 Å². The van der Waals surface area contributed by atoms with E-state index >= 15 is 0 Å². The molecule has 0 unspecified atom stereocenters. The van der Waals surface area contributed by atoms with Crippen molar-refractivity contribution in [2.75, 3.05) is 0 Å². The Bertz CT molecular complexity index is 1430. The lowest BCUT2D eigenvalue weighted by atomic mass is 9.83. The highest BCUT2D eigenvalue weighted by molar-refractivity contribution is 6.46. The number of rotatable bonds is 5. The summed E-state index contributed by atoms with van der Waals surface area (Å²) in [4.78, 5) is 4.75. The van der Waals surface area contributed by atoms with Gasteiger partial charge in [-0.15, -0.1) is 0 Å². The van der Waals surface area contributed by atoms with Crippen molar-refractivity contribution in [2.24, 2.45) is 0 Å². The lowest BCUT2D eigenvalue weighted by molar-refractivity contribution is -0.0893. The lowest BCUT2D eigenvalue weighted by Gasteiger charge is -2.37. The molecule has 2 heterocycles. The van der Waals surface area contributed by atoms with Gasteiger partial charge in [-0.3, -0.25) is 4.57 Å². The van der Waals surface area contributed by atoms with Crippen LogP contribution in [0.5, 0.6) is 0 Å². The summed E-state index contributed by atoms with van der Waals surface area (Å²) in [6, 6.07) is 25.3. The van der Waals surface area contributed by atoms with E-state index in [0.29, 0.717) is 0 Å². The molecule has 1 N–H and O–H groups in total. The van der Waals surface area contributed by atoms with Gasteiger partial charge in [0.1, 0.15) is 5.82 Å². The number of nitrogens with zero attached hydrogens (tertiary/aromatic N) is 2. The summed E-state index contributed by atoms with van der Waals surface area (Å²) in [5, 5.41) is 15.2. The van der Waals surface area contributed by atoms with Crippen LogP contribution in [0, 0.1) is 0 Å². The zero-order valence-corrected chi connectivity index (χ0v) is 18.8. The minimum absolute atomic E-state index is 0.723. The van der Waals surface area contributed by atoms with Crippen molar-refractivity contribution in [3.05, 3.63) is 79.0 Å². The Morgan fingerprint density at radius 1 is 0.812 bits per heavy atom. The van der Waals surface area contributed by atoms with Gasteiger partial charge < -0.3 is 9.76 Å². The van der Waals surface area contributed by atoms with Crippen molar-refractivity contribution in [2.45, 2.75) is 38.9 Å². The Kier molecular flexibility index (Phi) is 4.84. The van der Waals surface area contributed by atoms with E-state index in [1.807, 2.05) is 26.0 Å². The highest BCUT2D eigenvalue weighted by Gasteiger charge is 2.35. The maximum atomic E-state index is 10.3. The second-order valence-electron chi connectivity index (χ2n) is 9.29. The van der Waals surface area contributed by atoms with Crippen molar-refractivity contribution in [3.63, 3.8) is 0 Å². The minimum Gasteiger partial charge on any atom is -0.427 e. The smallest absolute Gasteiger partial charge is 0.332 e. The fourth-order valence-corrected chi connectivity index (χ4v) is 3.95. The minimum atomic E-state index is -0.970. The second-order valence-corrected chi connectivity index (χ2v) is 9.29. The van der Waals surface area contributed by atoms with Crippen LogP contribution in [0.1, 0.15) is 27.7 Å². The first-order valence-corrected chi connectivity index (χ1v) is 10.9. The molecule has 0 amide bonds. The monoisotopic (exact) mass is 421 g/mol. The van der Waals surface area contributed by atoms with Crippen LogP contribution in [0.15, 0.2) is 79.0 Å². The largest absolute Gasteiger partial charge is 0.427 e. The Balaban J connectivity index is 1.58. The molecule has 1 radical (unpaired) electrons. The first kappa shape index (κ1) is 20.7. The number of aliphatic hydroxyl groups is 1. The van der Waals surface area contributed by atoms with Gasteiger partial charge in [0.25, 0.3) is 0 Å². The SMILES string of the molecule is CC(C)(O)C(C)(C)O[B]c1ccc(-n2c3ccccc3c3c4ccccc4ccc32)nc1. The van der Waals surface area contributed by atoms with Crippen molar-refractivity contribution in [1.29, 1.82) is 0 Å². The zero-order valence-electron chi connectivity index (χ0n) is 18.8. The molecule has 5 heteroatoms. The highest BCUT2D eigenvalue weighted by atomic mass is 16.5. The van der Waals surface area contributed by atoms with Gasteiger partial charge in [-0.25, -0.2) is 4.98 Å². The summed E-state index contributed by atoms with van der Waals surface area (Å²) >= 11 is 0. The van der Waals surface area contributed by atoms with Crippen LogP contribution in [0.2, 0.25) is 0 Å². The van der Waals surface area contributed by atoms with Gasteiger partial charge in [0.15, 0.2) is 0 Å². The molecule has 0 atom stereocenters. The van der Waals surface area contributed by atoms with Crippen molar-refractivity contribution in [1.82, 2.24) is 9.55 Å². The average molecular weight is 421 g/mol. The molecule has 3 aromatic carbocycles. The van der Waals surface area contributed by atoms with Crippen LogP contribution < -0.4 is 5.46 Å². The number of hydrogen-bond donors (Lipinski definition) is 1. The molecule has 0 aliphatic rings. The molecular formula is C27H26BN2O2. The van der Waals surface area contributed by atoms with E-state index in [2.05, 4.69) is 65.2 Å². The quantitative estimate of drug-likeness (QED) is 0.400. The third kappa shape index (κ3) is 3.38. The van der Waals surface area contributed by atoms with E-state index in [0.717, 1.165) is 22.3 Å². The zero-order chi connectivity index (χ0) is 22.5. The number of fused-ring (bicyclic) bond motifs is 5. The molecule has 5 aromatic rings. The van der Waals surface area contributed by atoms with E-state index < -0.39 is 11.2 Å². The Morgan fingerprint density at radius 2 is 1.53 bits per heavy atom. The Morgan fingerprint density at radius 3 is 2.25 bits per heavy atom. The van der Waals surface area contributed by atoms with Crippen LogP contribution in [0.25, 0.3) is 38.4 Å². The summed E-state index contributed by atoms with van der Waals surface area (Å²) < 4.78 is 8.09. The van der Waals surface area contributed by atoms with Crippen LogP contribution in [-0.2, 0) is 4.65 Å². The van der Waals surface area contributed by atoms with Crippen LogP contribution >= 0.6 is 0 Å². The molecule has 4 nitrogen and oxygen atoms in total. The first-order chi connectivity index (χ1) is 15.3. The third-order valence-corrected chi connectivity index (χ3v) is 6.53. The molecule has 0 aliphatic heterocycles. The molecule has 159 valence electrons. The van der Waals surface area contributed by atoms with E-state index in [-0.39, 0.29) is 0 Å². The summed E-state index contributed by atoms with van der Waals surface area (Å²) in [5.74, 6) is 0.852.